The zero-order valence-electron chi connectivity index (χ0n) is 11.7. The highest BCUT2D eigenvalue weighted by Crippen LogP contribution is 2.44. The van der Waals surface area contributed by atoms with Gasteiger partial charge in [0, 0.05) is 18.0 Å². The molecule has 3 rings (SSSR count). The van der Waals surface area contributed by atoms with Crippen molar-refractivity contribution in [1.29, 1.82) is 0 Å². The van der Waals surface area contributed by atoms with Gasteiger partial charge in [-0.2, -0.15) is 0 Å². The van der Waals surface area contributed by atoms with E-state index >= 15 is 0 Å². The summed E-state index contributed by atoms with van der Waals surface area (Å²) in [6.45, 7) is 0. The number of carbonyl (C=O) groups is 1. The van der Waals surface area contributed by atoms with Crippen LogP contribution in [0.4, 0.5) is 5.69 Å². The first-order valence-electron chi connectivity index (χ1n) is 6.73. The lowest BCUT2D eigenvalue weighted by Crippen LogP contribution is -2.10. The smallest absolute Gasteiger partial charge is 0.181 e. The Morgan fingerprint density at radius 3 is 2.52 bits per heavy atom. The van der Waals surface area contributed by atoms with E-state index in [0.717, 1.165) is 16.3 Å². The van der Waals surface area contributed by atoms with Crippen LogP contribution < -0.4 is 4.90 Å². The average molecular weight is 293 g/mol. The third kappa shape index (κ3) is 3.09. The van der Waals surface area contributed by atoms with Crippen LogP contribution in [0, 0.1) is 0 Å². The van der Waals surface area contributed by atoms with Crippen LogP contribution in [-0.2, 0) is 4.79 Å². The van der Waals surface area contributed by atoms with Crippen molar-refractivity contribution in [2.75, 3.05) is 11.9 Å². The fourth-order valence-corrected chi connectivity index (χ4v) is 3.25. The number of anilines is 1. The summed E-state index contributed by atoms with van der Waals surface area (Å²) in [5.41, 5.74) is 2.17. The Morgan fingerprint density at radius 2 is 1.76 bits per heavy atom. The zero-order chi connectivity index (χ0) is 14.7. The fraction of sp³-hybridized carbons (Fsp3) is 0.0556. The molecule has 0 atom stereocenters. The van der Waals surface area contributed by atoms with Gasteiger partial charge in [-0.05, 0) is 23.8 Å². The van der Waals surface area contributed by atoms with E-state index in [0.29, 0.717) is 0 Å². The van der Waals surface area contributed by atoms with E-state index in [9.17, 15) is 4.79 Å². The van der Waals surface area contributed by atoms with Gasteiger partial charge in [0.1, 0.15) is 0 Å². The SMILES string of the molecule is CN1/C(=C\C(=O)/C=C\c2ccccc2)Sc2ccccc21. The van der Waals surface area contributed by atoms with Crippen molar-refractivity contribution in [3.05, 3.63) is 77.3 Å². The minimum atomic E-state index is 0.000934. The maximum absolute atomic E-state index is 12.1. The van der Waals surface area contributed by atoms with Crippen molar-refractivity contribution in [2.45, 2.75) is 4.90 Å². The Labute approximate surface area is 128 Å². The molecule has 0 aromatic heterocycles. The highest BCUT2D eigenvalue weighted by atomic mass is 32.2. The van der Waals surface area contributed by atoms with E-state index in [-0.39, 0.29) is 5.78 Å². The number of carbonyl (C=O) groups excluding carboxylic acids is 1. The van der Waals surface area contributed by atoms with Crippen molar-refractivity contribution in [3.8, 4) is 0 Å². The van der Waals surface area contributed by atoms with Crippen LogP contribution in [0.15, 0.2) is 76.7 Å². The molecule has 21 heavy (non-hydrogen) atoms. The Kier molecular flexibility index (Phi) is 3.93. The van der Waals surface area contributed by atoms with E-state index in [1.807, 2.05) is 60.5 Å². The third-order valence-electron chi connectivity index (χ3n) is 3.28. The number of rotatable bonds is 3. The van der Waals surface area contributed by atoms with Gasteiger partial charge < -0.3 is 4.90 Å². The van der Waals surface area contributed by atoms with Gasteiger partial charge in [0.2, 0.25) is 0 Å². The monoisotopic (exact) mass is 293 g/mol. The van der Waals surface area contributed by atoms with Crippen LogP contribution in [0.3, 0.4) is 0 Å². The van der Waals surface area contributed by atoms with Gasteiger partial charge in [-0.25, -0.2) is 0 Å². The van der Waals surface area contributed by atoms with Gasteiger partial charge in [0.05, 0.1) is 10.7 Å². The molecule has 0 bridgehead atoms. The number of ketones is 1. The standard InChI is InChI=1S/C18H15NOS/c1-19-16-9-5-6-10-17(16)21-18(19)13-15(20)12-11-14-7-3-2-4-8-14/h2-13H,1H3/b12-11-,18-13+. The molecule has 1 aliphatic heterocycles. The van der Waals surface area contributed by atoms with Gasteiger partial charge in [0.25, 0.3) is 0 Å². The van der Waals surface area contributed by atoms with Crippen molar-refractivity contribution >= 4 is 29.3 Å². The molecule has 0 saturated heterocycles. The molecule has 0 saturated carbocycles. The predicted octanol–water partition coefficient (Wildman–Crippen LogP) is 4.35. The molecule has 0 unspecified atom stereocenters. The molecule has 104 valence electrons. The summed E-state index contributed by atoms with van der Waals surface area (Å²) in [6, 6.07) is 18.0. The van der Waals surface area contributed by atoms with E-state index in [4.69, 9.17) is 0 Å². The molecule has 1 heterocycles. The number of thioether (sulfide) groups is 1. The second kappa shape index (κ2) is 6.02. The van der Waals surface area contributed by atoms with E-state index in [1.54, 1.807) is 23.9 Å². The summed E-state index contributed by atoms with van der Waals surface area (Å²) >= 11 is 1.63. The summed E-state index contributed by atoms with van der Waals surface area (Å²) in [5, 5.41) is 0.957. The third-order valence-corrected chi connectivity index (χ3v) is 4.44. The molecule has 0 amide bonds. The van der Waals surface area contributed by atoms with Crippen molar-refractivity contribution in [1.82, 2.24) is 0 Å². The van der Waals surface area contributed by atoms with Crippen LogP contribution >= 0.6 is 11.8 Å². The molecule has 0 aliphatic carbocycles. The molecule has 0 N–H and O–H groups in total. The molecular formula is C18H15NOS. The van der Waals surface area contributed by atoms with Gasteiger partial charge in [-0.3, -0.25) is 4.79 Å². The summed E-state index contributed by atoms with van der Waals surface area (Å²) < 4.78 is 0. The lowest BCUT2D eigenvalue weighted by molar-refractivity contribution is -0.110. The Balaban J connectivity index is 1.75. The van der Waals surface area contributed by atoms with E-state index in [2.05, 4.69) is 12.1 Å². The number of allylic oxidation sites excluding steroid dienone is 2. The Morgan fingerprint density at radius 1 is 1.05 bits per heavy atom. The van der Waals surface area contributed by atoms with Gasteiger partial charge >= 0.3 is 0 Å². The number of fused-ring (bicyclic) bond motifs is 1. The number of hydrogen-bond donors (Lipinski definition) is 0. The lowest BCUT2D eigenvalue weighted by atomic mass is 10.2. The molecule has 0 radical (unpaired) electrons. The van der Waals surface area contributed by atoms with E-state index < -0.39 is 0 Å². The van der Waals surface area contributed by atoms with Crippen LogP contribution in [0.25, 0.3) is 6.08 Å². The largest absolute Gasteiger partial charge is 0.338 e. The molecule has 0 fully saturated rings. The molecule has 3 heteroatoms. The van der Waals surface area contributed by atoms with Crippen LogP contribution in [-0.4, -0.2) is 12.8 Å². The molecule has 2 aromatic rings. The number of hydrogen-bond acceptors (Lipinski definition) is 3. The minimum absolute atomic E-state index is 0.000934. The van der Waals surface area contributed by atoms with Crippen LogP contribution in [0.2, 0.25) is 0 Å². The van der Waals surface area contributed by atoms with Gasteiger partial charge in [-0.15, -0.1) is 0 Å². The van der Waals surface area contributed by atoms with Crippen molar-refractivity contribution in [2.24, 2.45) is 0 Å². The molecule has 0 spiro atoms. The van der Waals surface area contributed by atoms with Gasteiger partial charge in [0.15, 0.2) is 5.78 Å². The zero-order valence-corrected chi connectivity index (χ0v) is 12.5. The second-order valence-electron chi connectivity index (χ2n) is 4.76. The van der Waals surface area contributed by atoms with Crippen molar-refractivity contribution in [3.63, 3.8) is 0 Å². The van der Waals surface area contributed by atoms with Gasteiger partial charge in [-0.1, -0.05) is 60.3 Å². The summed E-state index contributed by atoms with van der Waals surface area (Å²) in [5.74, 6) is 0.000934. The minimum Gasteiger partial charge on any atom is -0.338 e. The van der Waals surface area contributed by atoms with E-state index in [1.165, 1.54) is 4.90 Å². The maximum Gasteiger partial charge on any atom is 0.181 e. The number of nitrogens with zero attached hydrogens (tertiary/aromatic N) is 1. The Hall–Kier alpha value is -2.26. The first-order valence-corrected chi connectivity index (χ1v) is 7.55. The molecule has 2 aromatic carbocycles. The predicted molar refractivity (Wildman–Crippen MR) is 89.3 cm³/mol. The highest BCUT2D eigenvalue weighted by Gasteiger charge is 2.21. The van der Waals surface area contributed by atoms with Crippen LogP contribution in [0.1, 0.15) is 5.56 Å². The topological polar surface area (TPSA) is 20.3 Å². The first kappa shape index (κ1) is 13.7. The highest BCUT2D eigenvalue weighted by molar-refractivity contribution is 8.03. The molecule has 2 nitrogen and oxygen atoms in total. The summed E-state index contributed by atoms with van der Waals surface area (Å²) in [4.78, 5) is 15.3. The van der Waals surface area contributed by atoms with Crippen molar-refractivity contribution < 1.29 is 4.79 Å². The molecular weight excluding hydrogens is 278 g/mol. The Bertz CT molecular complexity index is 719. The normalized spacial score (nSPS) is 15.7. The number of benzene rings is 2. The second-order valence-corrected chi connectivity index (χ2v) is 5.82. The average Bonchev–Trinajstić information content (AvgIpc) is 2.83. The summed E-state index contributed by atoms with van der Waals surface area (Å²) in [7, 11) is 1.98. The van der Waals surface area contributed by atoms with Crippen LogP contribution in [0.5, 0.6) is 0 Å². The molecule has 1 aliphatic rings. The number of para-hydroxylation sites is 1. The lowest BCUT2D eigenvalue weighted by Gasteiger charge is -2.12. The quantitative estimate of drug-likeness (QED) is 0.785. The first-order chi connectivity index (χ1) is 10.2. The summed E-state index contributed by atoms with van der Waals surface area (Å²) in [6.07, 6.45) is 5.13. The fourth-order valence-electron chi connectivity index (χ4n) is 2.16. The maximum atomic E-state index is 12.1.